The number of nitrogens with one attached hydrogen (secondary N) is 1. The van der Waals surface area contributed by atoms with Crippen molar-refractivity contribution >= 4 is 18.2 Å². The number of amidine groups is 1. The minimum Gasteiger partial charge on any atom is -0.486 e. The molecule has 0 fully saturated rings. The van der Waals surface area contributed by atoms with E-state index in [9.17, 15) is 0 Å². The Morgan fingerprint density at radius 1 is 0.944 bits per heavy atom. The topological polar surface area (TPSA) is 59.1 Å². The Kier molecular flexibility index (Phi) is 5.21. The van der Waals surface area contributed by atoms with Crippen molar-refractivity contribution in [1.82, 2.24) is 0 Å². The molecule has 18 heavy (non-hydrogen) atoms. The van der Waals surface area contributed by atoms with Gasteiger partial charge in [0.1, 0.15) is 18.2 Å². The number of hydrogen-bond donors (Lipinski definition) is 2. The van der Waals surface area contributed by atoms with Crippen LogP contribution in [0.3, 0.4) is 0 Å². The van der Waals surface area contributed by atoms with E-state index in [4.69, 9.17) is 15.9 Å². The number of ether oxygens (including phenoxy) is 1. The maximum absolute atomic E-state index is 7.07. The Balaban J connectivity index is 0.00000162. The highest BCUT2D eigenvalue weighted by molar-refractivity contribution is 5.85. The average Bonchev–Trinajstić information content (AvgIpc) is 2.38. The average molecular weight is 263 g/mol. The van der Waals surface area contributed by atoms with Crippen LogP contribution in [0.2, 0.25) is 0 Å². The molecule has 3 nitrogen and oxygen atoms in total. The zero-order valence-corrected chi connectivity index (χ0v) is 10.6. The third-order valence-electron chi connectivity index (χ3n) is 2.36. The normalized spacial score (nSPS) is 9.33. The van der Waals surface area contributed by atoms with Crippen LogP contribution >= 0.6 is 12.4 Å². The Labute approximate surface area is 113 Å². The van der Waals surface area contributed by atoms with E-state index >= 15 is 0 Å². The molecular formula is C14H15ClN2O. The quantitative estimate of drug-likeness (QED) is 0.657. The van der Waals surface area contributed by atoms with Gasteiger partial charge in [-0.2, -0.15) is 0 Å². The largest absolute Gasteiger partial charge is 0.486 e. The van der Waals surface area contributed by atoms with E-state index in [1.165, 1.54) is 5.56 Å². The number of nitrogens with two attached hydrogens (primary N) is 1. The standard InChI is InChI=1S/C14H14N2O.ClH/c15-14(16)10-17-13-8-6-12(7-9-13)11-4-2-1-3-5-11;/h1-9H,10H2,(H3,15,16);1H. The molecule has 0 atom stereocenters. The van der Waals surface area contributed by atoms with Gasteiger partial charge >= 0.3 is 0 Å². The van der Waals surface area contributed by atoms with Crippen molar-refractivity contribution in [3.8, 4) is 16.9 Å². The van der Waals surface area contributed by atoms with Crippen LogP contribution in [-0.2, 0) is 0 Å². The number of hydrogen-bond acceptors (Lipinski definition) is 2. The molecule has 94 valence electrons. The molecule has 0 heterocycles. The lowest BCUT2D eigenvalue weighted by atomic mass is 10.1. The molecular weight excluding hydrogens is 248 g/mol. The van der Waals surface area contributed by atoms with Gasteiger partial charge in [0, 0.05) is 0 Å². The molecule has 0 aliphatic rings. The summed E-state index contributed by atoms with van der Waals surface area (Å²) in [5, 5.41) is 7.07. The molecule has 0 spiro atoms. The molecule has 0 amide bonds. The third kappa shape index (κ3) is 3.79. The molecule has 0 bridgehead atoms. The summed E-state index contributed by atoms with van der Waals surface area (Å²) in [6.07, 6.45) is 0. The van der Waals surface area contributed by atoms with E-state index in [1.807, 2.05) is 42.5 Å². The van der Waals surface area contributed by atoms with Crippen molar-refractivity contribution in [1.29, 1.82) is 5.41 Å². The highest BCUT2D eigenvalue weighted by Gasteiger charge is 1.98. The lowest BCUT2D eigenvalue weighted by Crippen LogP contribution is -2.19. The summed E-state index contributed by atoms with van der Waals surface area (Å²) >= 11 is 0. The van der Waals surface area contributed by atoms with Gasteiger partial charge in [-0.25, -0.2) is 0 Å². The SMILES string of the molecule is Cl.N=C(N)COc1ccc(-c2ccccc2)cc1. The second-order valence-electron chi connectivity index (χ2n) is 3.70. The molecule has 0 saturated carbocycles. The predicted octanol–water partition coefficient (Wildman–Crippen LogP) is 3.09. The molecule has 0 unspecified atom stereocenters. The van der Waals surface area contributed by atoms with Gasteiger partial charge in [0.2, 0.25) is 0 Å². The summed E-state index contributed by atoms with van der Waals surface area (Å²) in [5.74, 6) is 0.747. The second kappa shape index (κ2) is 6.67. The molecule has 4 heteroatoms. The Bertz CT molecular complexity index is 497. The first-order valence-electron chi connectivity index (χ1n) is 5.37. The zero-order chi connectivity index (χ0) is 12.1. The molecule has 0 saturated heterocycles. The van der Waals surface area contributed by atoms with Gasteiger partial charge in [0.25, 0.3) is 0 Å². The van der Waals surface area contributed by atoms with Crippen LogP contribution in [0.5, 0.6) is 5.75 Å². The summed E-state index contributed by atoms with van der Waals surface area (Å²) in [4.78, 5) is 0. The zero-order valence-electron chi connectivity index (χ0n) is 9.80. The first kappa shape index (κ1) is 14.1. The molecule has 2 rings (SSSR count). The maximum atomic E-state index is 7.07. The fourth-order valence-electron chi connectivity index (χ4n) is 1.54. The Hall–Kier alpha value is -2.00. The first-order valence-corrected chi connectivity index (χ1v) is 5.37. The molecule has 0 radical (unpaired) electrons. The lowest BCUT2D eigenvalue weighted by Gasteiger charge is -2.06. The fraction of sp³-hybridized carbons (Fsp3) is 0.0714. The van der Waals surface area contributed by atoms with Crippen LogP contribution in [0, 0.1) is 5.41 Å². The maximum Gasteiger partial charge on any atom is 0.145 e. The molecule has 3 N–H and O–H groups in total. The van der Waals surface area contributed by atoms with E-state index in [2.05, 4.69) is 12.1 Å². The van der Waals surface area contributed by atoms with Gasteiger partial charge in [0.15, 0.2) is 0 Å². The van der Waals surface area contributed by atoms with Crippen molar-refractivity contribution in [2.24, 2.45) is 5.73 Å². The van der Waals surface area contributed by atoms with Gasteiger partial charge in [0.05, 0.1) is 0 Å². The van der Waals surface area contributed by atoms with Gasteiger partial charge in [-0.15, -0.1) is 12.4 Å². The minimum absolute atomic E-state index is 0. The van der Waals surface area contributed by atoms with Crippen molar-refractivity contribution in [3.05, 3.63) is 54.6 Å². The number of benzene rings is 2. The van der Waals surface area contributed by atoms with Crippen LogP contribution in [0.4, 0.5) is 0 Å². The summed E-state index contributed by atoms with van der Waals surface area (Å²) in [7, 11) is 0. The summed E-state index contributed by atoms with van der Waals surface area (Å²) in [6, 6.07) is 17.9. The second-order valence-corrected chi connectivity index (χ2v) is 3.70. The van der Waals surface area contributed by atoms with Crippen molar-refractivity contribution in [2.45, 2.75) is 0 Å². The molecule has 2 aromatic carbocycles. The molecule has 0 aliphatic heterocycles. The molecule has 2 aromatic rings. The summed E-state index contributed by atoms with van der Waals surface area (Å²) in [5.41, 5.74) is 7.53. The van der Waals surface area contributed by atoms with Gasteiger partial charge < -0.3 is 10.5 Å². The van der Waals surface area contributed by atoms with Crippen LogP contribution in [0.25, 0.3) is 11.1 Å². The van der Waals surface area contributed by atoms with Crippen LogP contribution in [-0.4, -0.2) is 12.4 Å². The van der Waals surface area contributed by atoms with Crippen LogP contribution in [0.15, 0.2) is 54.6 Å². The minimum atomic E-state index is 0. The van der Waals surface area contributed by atoms with Crippen molar-refractivity contribution < 1.29 is 4.74 Å². The summed E-state index contributed by atoms with van der Waals surface area (Å²) < 4.78 is 5.31. The highest BCUT2D eigenvalue weighted by atomic mass is 35.5. The molecule has 0 aliphatic carbocycles. The fourth-order valence-corrected chi connectivity index (χ4v) is 1.54. The van der Waals surface area contributed by atoms with Crippen molar-refractivity contribution in [2.75, 3.05) is 6.61 Å². The van der Waals surface area contributed by atoms with E-state index < -0.39 is 0 Å². The van der Waals surface area contributed by atoms with E-state index in [1.54, 1.807) is 0 Å². The van der Waals surface area contributed by atoms with Gasteiger partial charge in [-0.1, -0.05) is 42.5 Å². The van der Waals surface area contributed by atoms with E-state index in [-0.39, 0.29) is 24.8 Å². The Morgan fingerprint density at radius 3 is 2.06 bits per heavy atom. The van der Waals surface area contributed by atoms with Gasteiger partial charge in [-0.05, 0) is 23.3 Å². The van der Waals surface area contributed by atoms with Gasteiger partial charge in [-0.3, -0.25) is 5.41 Å². The number of halogens is 1. The molecule has 0 aromatic heterocycles. The monoisotopic (exact) mass is 262 g/mol. The lowest BCUT2D eigenvalue weighted by molar-refractivity contribution is 0.374. The third-order valence-corrected chi connectivity index (χ3v) is 2.36. The Morgan fingerprint density at radius 2 is 1.50 bits per heavy atom. The van der Waals surface area contributed by atoms with Crippen LogP contribution < -0.4 is 10.5 Å². The first-order chi connectivity index (χ1) is 8.25. The number of rotatable bonds is 4. The van der Waals surface area contributed by atoms with Crippen molar-refractivity contribution in [3.63, 3.8) is 0 Å². The smallest absolute Gasteiger partial charge is 0.145 e. The van der Waals surface area contributed by atoms with E-state index in [0.29, 0.717) is 0 Å². The van der Waals surface area contributed by atoms with Crippen LogP contribution in [0.1, 0.15) is 0 Å². The predicted molar refractivity (Wildman–Crippen MR) is 76.5 cm³/mol. The van der Waals surface area contributed by atoms with E-state index in [0.717, 1.165) is 11.3 Å². The highest BCUT2D eigenvalue weighted by Crippen LogP contribution is 2.21. The summed E-state index contributed by atoms with van der Waals surface area (Å²) in [6.45, 7) is 0.130.